The summed E-state index contributed by atoms with van der Waals surface area (Å²) < 4.78 is 5.27. The molecule has 1 unspecified atom stereocenters. The minimum atomic E-state index is -0.805. The molecule has 7 rings (SSSR count). The van der Waals surface area contributed by atoms with Gasteiger partial charge in [-0.3, -0.25) is 14.7 Å². The van der Waals surface area contributed by atoms with Gasteiger partial charge in [-0.25, -0.2) is 9.79 Å². The molecule has 54 heavy (non-hydrogen) atoms. The van der Waals surface area contributed by atoms with Gasteiger partial charge < -0.3 is 25.4 Å². The number of aliphatic hydroxyl groups excluding tert-OH is 1. The third-order valence-electron chi connectivity index (χ3n) is 11.6. The van der Waals surface area contributed by atoms with E-state index in [9.17, 15) is 9.90 Å². The molecule has 10 nitrogen and oxygen atoms in total. The fraction of sp³-hybridized carbons (Fsp3) is 0.455. The van der Waals surface area contributed by atoms with Crippen molar-refractivity contribution in [2.45, 2.75) is 77.6 Å². The van der Waals surface area contributed by atoms with E-state index in [0.29, 0.717) is 31.5 Å². The van der Waals surface area contributed by atoms with Gasteiger partial charge in [-0.1, -0.05) is 36.8 Å². The first-order valence-corrected chi connectivity index (χ1v) is 19.8. The number of benzene rings is 3. The van der Waals surface area contributed by atoms with E-state index in [1.807, 2.05) is 35.4 Å². The van der Waals surface area contributed by atoms with Gasteiger partial charge in [0.1, 0.15) is 17.8 Å². The van der Waals surface area contributed by atoms with Crippen LogP contribution in [0.15, 0.2) is 94.8 Å². The zero-order valence-corrected chi connectivity index (χ0v) is 32.4. The minimum Gasteiger partial charge on any atom is -0.497 e. The Hall–Kier alpha value is -4.64. The topological polar surface area (TPSA) is 95.9 Å². The van der Waals surface area contributed by atoms with Crippen LogP contribution in [-0.4, -0.2) is 92.3 Å². The second-order valence-electron chi connectivity index (χ2n) is 15.3. The number of allylic oxidation sites excluding steroid dienone is 1. The summed E-state index contributed by atoms with van der Waals surface area (Å²) >= 11 is 0. The summed E-state index contributed by atoms with van der Waals surface area (Å²) in [7, 11) is 1.64. The Kier molecular flexibility index (Phi) is 12.0. The molecule has 4 heterocycles. The van der Waals surface area contributed by atoms with Gasteiger partial charge in [0.05, 0.1) is 7.11 Å². The van der Waals surface area contributed by atoms with Gasteiger partial charge in [-0.05, 0) is 117 Å². The maximum atomic E-state index is 13.6. The highest BCUT2D eigenvalue weighted by atomic mass is 16.5. The van der Waals surface area contributed by atoms with Gasteiger partial charge in [0, 0.05) is 87.5 Å². The summed E-state index contributed by atoms with van der Waals surface area (Å²) in [4.78, 5) is 27.0. The van der Waals surface area contributed by atoms with Gasteiger partial charge >= 0.3 is 6.03 Å². The number of carbonyl (C=O) groups is 1. The van der Waals surface area contributed by atoms with Gasteiger partial charge in [0.25, 0.3) is 0 Å². The lowest BCUT2D eigenvalue weighted by Gasteiger charge is -2.48. The molecule has 0 saturated carbocycles. The molecule has 4 aliphatic heterocycles. The molecule has 1 atom stereocenters. The molecule has 0 aliphatic carbocycles. The lowest BCUT2D eigenvalue weighted by atomic mass is 9.88. The number of carbonyl (C=O) groups excluding carboxylic acids is 1. The van der Waals surface area contributed by atoms with Crippen molar-refractivity contribution in [3.05, 3.63) is 106 Å². The predicted molar refractivity (Wildman–Crippen MR) is 220 cm³/mol. The Morgan fingerprint density at radius 2 is 1.76 bits per heavy atom. The summed E-state index contributed by atoms with van der Waals surface area (Å²) in [6.07, 6.45) is 8.14. The second kappa shape index (κ2) is 17.2. The number of rotatable bonds is 12. The Balaban J connectivity index is 0.884. The van der Waals surface area contributed by atoms with Crippen molar-refractivity contribution >= 4 is 29.3 Å². The number of nitrogens with zero attached hydrogens (tertiary/aromatic N) is 5. The number of aliphatic imine (C=N–C) groups is 1. The number of nitrogens with one attached hydrogen (secondary N) is 2. The fourth-order valence-corrected chi connectivity index (χ4v) is 8.22. The van der Waals surface area contributed by atoms with E-state index < -0.39 is 6.23 Å². The van der Waals surface area contributed by atoms with Crippen LogP contribution in [-0.2, 0) is 6.54 Å². The van der Waals surface area contributed by atoms with Crippen LogP contribution < -0.4 is 25.2 Å². The van der Waals surface area contributed by atoms with Crippen molar-refractivity contribution in [1.29, 1.82) is 0 Å². The van der Waals surface area contributed by atoms with E-state index in [-0.39, 0.29) is 6.03 Å². The molecule has 0 radical (unpaired) electrons. The Bertz CT molecular complexity index is 1840. The lowest BCUT2D eigenvalue weighted by molar-refractivity contribution is 0.0128. The standard InChI is InChI=1S/C44H57N7O3/c1-5-6-42(46-27-35-17-21-45-26-32(35)3)47-37-11-9-34(10-12-37)36-29-49(30-36)38-18-22-48(23-19-38)39-13-16-41(31(2)25-39)50-24-20-43(52)51(44(50)53)28-33-7-14-40(54-4)15-8-33/h6-16,25,27,36,38,43,45,47,52H,5,17-24,26,28-30H2,1-4H3/b42-6-,46-27-. The van der Waals surface area contributed by atoms with Gasteiger partial charge in [-0.15, -0.1) is 0 Å². The van der Waals surface area contributed by atoms with Crippen LogP contribution >= 0.6 is 0 Å². The van der Waals surface area contributed by atoms with Crippen molar-refractivity contribution in [1.82, 2.24) is 15.1 Å². The molecule has 3 aromatic rings. The molecule has 0 bridgehead atoms. The SMILES string of the molecule is CC/C=C(/N=C\C1=C(C)CNCC1)Nc1ccc(C2CN(C3CCN(c4ccc(N5CCC(O)N(Cc6ccc(OC)cc6)C5=O)c(C)c4)CC3)C2)cc1. The first-order valence-electron chi connectivity index (χ1n) is 19.8. The molecule has 0 aromatic heterocycles. The summed E-state index contributed by atoms with van der Waals surface area (Å²) in [5, 5.41) is 17.7. The highest BCUT2D eigenvalue weighted by Gasteiger charge is 2.36. The maximum absolute atomic E-state index is 13.6. The third-order valence-corrected chi connectivity index (χ3v) is 11.6. The molecule has 2 amide bonds. The quantitative estimate of drug-likeness (QED) is 0.169. The van der Waals surface area contributed by atoms with Crippen molar-refractivity contribution in [2.75, 3.05) is 68.0 Å². The molecule has 0 spiro atoms. The fourth-order valence-electron chi connectivity index (χ4n) is 8.22. The molecular formula is C44H57N7O3. The van der Waals surface area contributed by atoms with Crippen molar-refractivity contribution in [3.8, 4) is 5.75 Å². The molecule has 4 aliphatic rings. The van der Waals surface area contributed by atoms with Crippen LogP contribution in [0.25, 0.3) is 0 Å². The summed E-state index contributed by atoms with van der Waals surface area (Å²) in [5.41, 5.74) is 9.34. The molecular weight excluding hydrogens is 675 g/mol. The number of likely N-dealkylation sites (tertiary alicyclic amines) is 1. The molecule has 3 fully saturated rings. The Morgan fingerprint density at radius 1 is 1.00 bits per heavy atom. The summed E-state index contributed by atoms with van der Waals surface area (Å²) in [5.74, 6) is 2.25. The average Bonchev–Trinajstić information content (AvgIpc) is 3.17. The number of amides is 2. The largest absolute Gasteiger partial charge is 0.497 e. The number of anilines is 3. The molecule has 286 valence electrons. The number of methoxy groups -OCH3 is 1. The number of ether oxygens (including phenoxy) is 1. The number of hydrogen-bond donors (Lipinski definition) is 3. The highest BCUT2D eigenvalue weighted by Crippen LogP contribution is 2.35. The van der Waals surface area contributed by atoms with Crippen LogP contribution in [0.3, 0.4) is 0 Å². The third kappa shape index (κ3) is 8.67. The molecule has 3 saturated heterocycles. The normalized spacial score (nSPS) is 20.9. The molecule has 10 heteroatoms. The number of aliphatic hydroxyl groups is 1. The van der Waals surface area contributed by atoms with E-state index in [2.05, 4.69) is 89.7 Å². The van der Waals surface area contributed by atoms with E-state index in [0.717, 1.165) is 99.0 Å². The first-order chi connectivity index (χ1) is 26.3. The second-order valence-corrected chi connectivity index (χ2v) is 15.3. The van der Waals surface area contributed by atoms with E-state index >= 15 is 0 Å². The van der Waals surface area contributed by atoms with Gasteiger partial charge in [0.15, 0.2) is 0 Å². The van der Waals surface area contributed by atoms with Crippen LogP contribution in [0.5, 0.6) is 5.75 Å². The number of piperidine rings is 1. The maximum Gasteiger partial charge on any atom is 0.326 e. The molecule has 3 aromatic carbocycles. The number of urea groups is 1. The zero-order chi connectivity index (χ0) is 37.6. The Morgan fingerprint density at radius 3 is 2.44 bits per heavy atom. The van der Waals surface area contributed by atoms with Crippen molar-refractivity contribution < 1.29 is 14.6 Å². The smallest absolute Gasteiger partial charge is 0.326 e. The van der Waals surface area contributed by atoms with Crippen molar-refractivity contribution in [2.24, 2.45) is 4.99 Å². The van der Waals surface area contributed by atoms with E-state index in [1.54, 1.807) is 12.0 Å². The Labute approximate surface area is 321 Å². The molecule has 3 N–H and O–H groups in total. The van der Waals surface area contributed by atoms with E-state index in [1.165, 1.54) is 22.4 Å². The predicted octanol–water partition coefficient (Wildman–Crippen LogP) is 7.27. The average molecular weight is 732 g/mol. The lowest BCUT2D eigenvalue weighted by Crippen LogP contribution is -2.54. The zero-order valence-electron chi connectivity index (χ0n) is 32.4. The van der Waals surface area contributed by atoms with Crippen LogP contribution in [0.2, 0.25) is 0 Å². The summed E-state index contributed by atoms with van der Waals surface area (Å²) in [6.45, 7) is 13.5. The van der Waals surface area contributed by atoms with Gasteiger partial charge in [-0.2, -0.15) is 0 Å². The number of hydrogen-bond acceptors (Lipinski definition) is 8. The van der Waals surface area contributed by atoms with Crippen LogP contribution in [0, 0.1) is 6.92 Å². The monoisotopic (exact) mass is 731 g/mol. The van der Waals surface area contributed by atoms with Crippen LogP contribution in [0.1, 0.15) is 68.6 Å². The number of aryl methyl sites for hydroxylation is 1. The minimum absolute atomic E-state index is 0.165. The van der Waals surface area contributed by atoms with Crippen LogP contribution in [0.4, 0.5) is 21.9 Å². The van der Waals surface area contributed by atoms with Crippen molar-refractivity contribution in [3.63, 3.8) is 0 Å². The summed E-state index contributed by atoms with van der Waals surface area (Å²) in [6, 6.07) is 23.5. The highest BCUT2D eigenvalue weighted by molar-refractivity contribution is 5.94. The van der Waals surface area contributed by atoms with E-state index in [4.69, 9.17) is 9.73 Å². The van der Waals surface area contributed by atoms with Gasteiger partial charge in [0.2, 0.25) is 0 Å². The first kappa shape index (κ1) is 37.7.